The molecule has 0 spiro atoms. The number of fused-ring (bicyclic) bond motifs is 1. The monoisotopic (exact) mass is 301 g/mol. The Morgan fingerprint density at radius 1 is 1.10 bits per heavy atom. The Morgan fingerprint density at radius 3 is 2.71 bits per heavy atom. The molecule has 0 unspecified atom stereocenters. The van der Waals surface area contributed by atoms with E-state index in [0.29, 0.717) is 16.8 Å². The lowest BCUT2D eigenvalue weighted by atomic mass is 10.2. The fourth-order valence-electron chi connectivity index (χ4n) is 2.18. The molecule has 0 atom stereocenters. The van der Waals surface area contributed by atoms with Gasteiger partial charge in [-0.25, -0.2) is 9.37 Å². The zero-order valence-corrected chi connectivity index (χ0v) is 12.2. The number of halogens is 2. The molecule has 1 aromatic heterocycles. The molecule has 0 bridgehead atoms. The molecule has 2 nitrogen and oxygen atoms in total. The number of pyridine rings is 1. The number of hydrogen-bond acceptors (Lipinski definition) is 2. The zero-order valence-electron chi connectivity index (χ0n) is 11.4. The van der Waals surface area contributed by atoms with Gasteiger partial charge in [0, 0.05) is 16.6 Å². The van der Waals surface area contributed by atoms with Gasteiger partial charge in [0.15, 0.2) is 17.3 Å². The average Bonchev–Trinajstić information content (AvgIpc) is 2.49. The summed E-state index contributed by atoms with van der Waals surface area (Å²) < 4.78 is 19.8. The summed E-state index contributed by atoms with van der Waals surface area (Å²) in [7, 11) is 0. The Labute approximate surface area is 127 Å². The first-order chi connectivity index (χ1) is 10.2. The molecule has 0 amide bonds. The lowest BCUT2D eigenvalue weighted by Gasteiger charge is -2.12. The van der Waals surface area contributed by atoms with E-state index in [1.54, 1.807) is 18.2 Å². The van der Waals surface area contributed by atoms with Crippen molar-refractivity contribution in [2.75, 3.05) is 0 Å². The minimum absolute atomic E-state index is 0.156. The molecular formula is C17H13ClFNO. The topological polar surface area (TPSA) is 22.1 Å². The molecule has 21 heavy (non-hydrogen) atoms. The molecule has 0 N–H and O–H groups in total. The van der Waals surface area contributed by atoms with Gasteiger partial charge in [0.05, 0.1) is 5.88 Å². The van der Waals surface area contributed by atoms with Crippen LogP contribution in [0.4, 0.5) is 4.39 Å². The minimum Gasteiger partial charge on any atom is -0.452 e. The molecule has 3 rings (SSSR count). The first kappa shape index (κ1) is 13.8. The molecule has 0 radical (unpaired) electrons. The van der Waals surface area contributed by atoms with Crippen LogP contribution in [0.1, 0.15) is 11.3 Å². The highest BCUT2D eigenvalue weighted by Gasteiger charge is 2.12. The standard InChI is InChI=1S/C17H13ClFNO/c1-11-8-9-12-4-3-7-15(16(12)20-11)21-17-13(10-18)5-2-6-14(17)19/h2-9H,10H2,1H3. The summed E-state index contributed by atoms with van der Waals surface area (Å²) in [4.78, 5) is 4.48. The number of alkyl halides is 1. The van der Waals surface area contributed by atoms with Crippen LogP contribution >= 0.6 is 11.6 Å². The third-order valence-electron chi connectivity index (χ3n) is 3.23. The summed E-state index contributed by atoms with van der Waals surface area (Å²) in [5, 5.41) is 0.946. The van der Waals surface area contributed by atoms with E-state index < -0.39 is 5.82 Å². The van der Waals surface area contributed by atoms with Gasteiger partial charge in [-0.05, 0) is 25.1 Å². The molecular weight excluding hydrogens is 289 g/mol. The van der Waals surface area contributed by atoms with Crippen LogP contribution in [0.15, 0.2) is 48.5 Å². The Hall–Kier alpha value is -2.13. The smallest absolute Gasteiger partial charge is 0.167 e. The van der Waals surface area contributed by atoms with E-state index in [1.165, 1.54) is 6.07 Å². The highest BCUT2D eigenvalue weighted by molar-refractivity contribution is 6.17. The molecule has 4 heteroatoms. The van der Waals surface area contributed by atoms with Gasteiger partial charge in [-0.15, -0.1) is 11.6 Å². The molecule has 0 saturated heterocycles. The van der Waals surface area contributed by atoms with Crippen molar-refractivity contribution in [3.8, 4) is 11.5 Å². The Morgan fingerprint density at radius 2 is 1.90 bits per heavy atom. The fourth-order valence-corrected chi connectivity index (χ4v) is 2.39. The summed E-state index contributed by atoms with van der Waals surface area (Å²) in [6, 6.07) is 14.2. The number of benzene rings is 2. The maximum atomic E-state index is 14.0. The Bertz CT molecular complexity index is 804. The van der Waals surface area contributed by atoms with E-state index in [2.05, 4.69) is 4.98 Å². The van der Waals surface area contributed by atoms with Crippen LogP contribution in [-0.4, -0.2) is 4.98 Å². The molecule has 0 fully saturated rings. The Balaban J connectivity index is 2.13. The van der Waals surface area contributed by atoms with Crippen LogP contribution in [0.5, 0.6) is 11.5 Å². The molecule has 0 aliphatic carbocycles. The van der Waals surface area contributed by atoms with Gasteiger partial charge in [0.1, 0.15) is 5.52 Å². The van der Waals surface area contributed by atoms with E-state index in [0.717, 1.165) is 11.1 Å². The van der Waals surface area contributed by atoms with Crippen molar-refractivity contribution in [1.29, 1.82) is 0 Å². The maximum Gasteiger partial charge on any atom is 0.167 e. The largest absolute Gasteiger partial charge is 0.452 e. The first-order valence-electron chi connectivity index (χ1n) is 6.56. The Kier molecular flexibility index (Phi) is 3.76. The molecule has 2 aromatic carbocycles. The number of nitrogens with zero attached hydrogens (tertiary/aromatic N) is 1. The van der Waals surface area contributed by atoms with Crippen LogP contribution in [0, 0.1) is 12.7 Å². The summed E-state index contributed by atoms with van der Waals surface area (Å²) in [6.45, 7) is 1.91. The second-order valence-corrected chi connectivity index (χ2v) is 5.01. The fraction of sp³-hybridized carbons (Fsp3) is 0.118. The predicted octanol–water partition coefficient (Wildman–Crippen LogP) is 5.21. The zero-order chi connectivity index (χ0) is 14.8. The normalized spacial score (nSPS) is 10.8. The van der Waals surface area contributed by atoms with E-state index >= 15 is 0 Å². The molecule has 0 aliphatic rings. The minimum atomic E-state index is -0.433. The van der Waals surface area contributed by atoms with Crippen molar-refractivity contribution in [2.24, 2.45) is 0 Å². The van der Waals surface area contributed by atoms with Gasteiger partial charge in [-0.2, -0.15) is 0 Å². The summed E-state index contributed by atoms with van der Waals surface area (Å²) in [6.07, 6.45) is 0. The van der Waals surface area contributed by atoms with Crippen molar-refractivity contribution in [3.63, 3.8) is 0 Å². The van der Waals surface area contributed by atoms with Crippen LogP contribution in [0.2, 0.25) is 0 Å². The van der Waals surface area contributed by atoms with Gasteiger partial charge in [0.2, 0.25) is 0 Å². The third-order valence-corrected chi connectivity index (χ3v) is 3.51. The first-order valence-corrected chi connectivity index (χ1v) is 7.10. The maximum absolute atomic E-state index is 14.0. The van der Waals surface area contributed by atoms with Crippen molar-refractivity contribution in [1.82, 2.24) is 4.98 Å². The highest BCUT2D eigenvalue weighted by atomic mass is 35.5. The van der Waals surface area contributed by atoms with Gasteiger partial charge < -0.3 is 4.74 Å². The third kappa shape index (κ3) is 2.69. The van der Waals surface area contributed by atoms with Gasteiger partial charge >= 0.3 is 0 Å². The van der Waals surface area contributed by atoms with E-state index in [-0.39, 0.29) is 11.6 Å². The molecule has 0 aliphatic heterocycles. The summed E-state index contributed by atoms with van der Waals surface area (Å²) in [5.41, 5.74) is 2.20. The quantitative estimate of drug-likeness (QED) is 0.619. The highest BCUT2D eigenvalue weighted by Crippen LogP contribution is 2.33. The second kappa shape index (κ2) is 5.70. The van der Waals surface area contributed by atoms with E-state index in [4.69, 9.17) is 16.3 Å². The molecule has 1 heterocycles. The van der Waals surface area contributed by atoms with E-state index in [9.17, 15) is 4.39 Å². The van der Waals surface area contributed by atoms with Crippen molar-refractivity contribution in [2.45, 2.75) is 12.8 Å². The molecule has 3 aromatic rings. The number of aryl methyl sites for hydroxylation is 1. The van der Waals surface area contributed by atoms with Gasteiger partial charge in [-0.1, -0.05) is 30.3 Å². The van der Waals surface area contributed by atoms with Crippen molar-refractivity contribution in [3.05, 3.63) is 65.6 Å². The molecule has 0 saturated carbocycles. The average molecular weight is 302 g/mol. The van der Waals surface area contributed by atoms with Gasteiger partial charge in [0.25, 0.3) is 0 Å². The van der Waals surface area contributed by atoms with Gasteiger partial charge in [-0.3, -0.25) is 0 Å². The number of ether oxygens (including phenoxy) is 1. The van der Waals surface area contributed by atoms with E-state index in [1.807, 2.05) is 31.2 Å². The van der Waals surface area contributed by atoms with Crippen LogP contribution < -0.4 is 4.74 Å². The lowest BCUT2D eigenvalue weighted by Crippen LogP contribution is -1.95. The van der Waals surface area contributed by atoms with Crippen LogP contribution in [0.3, 0.4) is 0 Å². The summed E-state index contributed by atoms with van der Waals surface area (Å²) in [5.74, 6) is 0.429. The summed E-state index contributed by atoms with van der Waals surface area (Å²) >= 11 is 5.85. The number of rotatable bonds is 3. The van der Waals surface area contributed by atoms with Crippen LogP contribution in [0.25, 0.3) is 10.9 Å². The number of para-hydroxylation sites is 2. The number of hydrogen-bond donors (Lipinski definition) is 0. The second-order valence-electron chi connectivity index (χ2n) is 4.74. The molecule has 106 valence electrons. The number of aromatic nitrogens is 1. The van der Waals surface area contributed by atoms with Crippen molar-refractivity contribution >= 4 is 22.5 Å². The predicted molar refractivity (Wildman–Crippen MR) is 82.5 cm³/mol. The SMILES string of the molecule is Cc1ccc2cccc(Oc3c(F)cccc3CCl)c2n1. The van der Waals surface area contributed by atoms with Crippen molar-refractivity contribution < 1.29 is 9.13 Å². The van der Waals surface area contributed by atoms with Crippen LogP contribution in [-0.2, 0) is 5.88 Å². The lowest BCUT2D eigenvalue weighted by molar-refractivity contribution is 0.441.